The zero-order valence-electron chi connectivity index (χ0n) is 18.2. The minimum Gasteiger partial charge on any atom is -0.481 e. The van der Waals surface area contributed by atoms with Crippen molar-refractivity contribution in [3.63, 3.8) is 0 Å². The first-order valence-corrected chi connectivity index (χ1v) is 10.8. The van der Waals surface area contributed by atoms with Gasteiger partial charge in [-0.1, -0.05) is 37.1 Å². The standard InChI is InChI=1S/C24H30ClNO5/c1-4-5-6-21(30-19-13-9-18(25)10-14-19)22(27)26-16-15-17-7-11-20(12-8-17)31-24(2,3)23(28)29/h7-14,21H,4-6,15-16H2,1-3H3,(H,26,27)(H,28,29). The van der Waals surface area contributed by atoms with Gasteiger partial charge in [0.25, 0.3) is 5.91 Å². The zero-order chi connectivity index (χ0) is 22.9. The van der Waals surface area contributed by atoms with Gasteiger partial charge >= 0.3 is 5.97 Å². The van der Waals surface area contributed by atoms with E-state index in [1.54, 1.807) is 36.4 Å². The first kappa shape index (κ1) is 24.5. The van der Waals surface area contributed by atoms with Gasteiger partial charge in [0.1, 0.15) is 11.5 Å². The summed E-state index contributed by atoms with van der Waals surface area (Å²) in [5, 5.41) is 12.7. The van der Waals surface area contributed by atoms with E-state index in [0.717, 1.165) is 18.4 Å². The molecule has 0 saturated carbocycles. The number of carbonyl (C=O) groups is 2. The Balaban J connectivity index is 1.87. The highest BCUT2D eigenvalue weighted by Crippen LogP contribution is 2.20. The Bertz CT molecular complexity index is 849. The summed E-state index contributed by atoms with van der Waals surface area (Å²) in [6, 6.07) is 14.2. The number of hydrogen-bond donors (Lipinski definition) is 2. The predicted octanol–water partition coefficient (Wildman–Crippen LogP) is 4.88. The minimum atomic E-state index is -1.30. The average Bonchev–Trinajstić information content (AvgIpc) is 2.73. The van der Waals surface area contributed by atoms with Crippen LogP contribution in [0.2, 0.25) is 5.02 Å². The number of rotatable bonds is 12. The van der Waals surface area contributed by atoms with Gasteiger partial charge in [-0.25, -0.2) is 4.79 Å². The van der Waals surface area contributed by atoms with Gasteiger partial charge in [0.2, 0.25) is 0 Å². The highest BCUT2D eigenvalue weighted by Gasteiger charge is 2.29. The number of halogens is 1. The second-order valence-electron chi connectivity index (χ2n) is 7.81. The molecule has 0 aliphatic rings. The molecule has 0 aromatic heterocycles. The maximum Gasteiger partial charge on any atom is 0.347 e. The molecule has 1 atom stereocenters. The molecular formula is C24H30ClNO5. The lowest BCUT2D eigenvalue weighted by Crippen LogP contribution is -2.39. The number of carboxylic acids is 1. The third-order valence-electron chi connectivity index (χ3n) is 4.73. The van der Waals surface area contributed by atoms with Crippen molar-refractivity contribution in [1.82, 2.24) is 5.32 Å². The Labute approximate surface area is 188 Å². The van der Waals surface area contributed by atoms with E-state index in [1.165, 1.54) is 13.8 Å². The number of unbranched alkanes of at least 4 members (excludes halogenated alkanes) is 1. The summed E-state index contributed by atoms with van der Waals surface area (Å²) in [6.45, 7) is 5.54. The third-order valence-corrected chi connectivity index (χ3v) is 4.98. The number of hydrogen-bond acceptors (Lipinski definition) is 4. The smallest absolute Gasteiger partial charge is 0.347 e. The van der Waals surface area contributed by atoms with Gasteiger partial charge in [0, 0.05) is 11.6 Å². The van der Waals surface area contributed by atoms with Gasteiger partial charge in [-0.05, 0) is 75.1 Å². The number of carboxylic acid groups (broad SMARTS) is 1. The second kappa shape index (κ2) is 11.6. The molecule has 1 amide bonds. The molecule has 0 fully saturated rings. The number of amides is 1. The molecule has 0 aliphatic carbocycles. The summed E-state index contributed by atoms with van der Waals surface area (Å²) >= 11 is 5.91. The molecule has 0 heterocycles. The summed E-state index contributed by atoms with van der Waals surface area (Å²) in [7, 11) is 0. The van der Waals surface area contributed by atoms with Crippen LogP contribution in [0.3, 0.4) is 0 Å². The van der Waals surface area contributed by atoms with Gasteiger partial charge in [-0.15, -0.1) is 0 Å². The lowest BCUT2D eigenvalue weighted by molar-refractivity contribution is -0.152. The van der Waals surface area contributed by atoms with E-state index in [1.807, 2.05) is 12.1 Å². The Morgan fingerprint density at radius 1 is 1.06 bits per heavy atom. The Morgan fingerprint density at radius 2 is 1.68 bits per heavy atom. The molecule has 168 valence electrons. The van der Waals surface area contributed by atoms with Crippen molar-refractivity contribution in [2.75, 3.05) is 6.54 Å². The predicted molar refractivity (Wildman–Crippen MR) is 121 cm³/mol. The summed E-state index contributed by atoms with van der Waals surface area (Å²) in [5.41, 5.74) is -0.294. The summed E-state index contributed by atoms with van der Waals surface area (Å²) in [5.74, 6) is -0.0824. The SMILES string of the molecule is CCCCC(Oc1ccc(Cl)cc1)C(=O)NCCc1ccc(OC(C)(C)C(=O)O)cc1. The number of carbonyl (C=O) groups excluding carboxylic acids is 1. The lowest BCUT2D eigenvalue weighted by Gasteiger charge is -2.21. The summed E-state index contributed by atoms with van der Waals surface area (Å²) < 4.78 is 11.4. The molecule has 2 aromatic carbocycles. The fourth-order valence-electron chi connectivity index (χ4n) is 2.82. The zero-order valence-corrected chi connectivity index (χ0v) is 18.9. The molecule has 1 unspecified atom stereocenters. The highest BCUT2D eigenvalue weighted by molar-refractivity contribution is 6.30. The van der Waals surface area contributed by atoms with Crippen LogP contribution >= 0.6 is 11.6 Å². The fourth-order valence-corrected chi connectivity index (χ4v) is 2.94. The van der Waals surface area contributed by atoms with E-state index >= 15 is 0 Å². The molecule has 7 heteroatoms. The maximum atomic E-state index is 12.6. The van der Waals surface area contributed by atoms with Gasteiger partial charge < -0.3 is 19.9 Å². The highest BCUT2D eigenvalue weighted by atomic mass is 35.5. The van der Waals surface area contributed by atoms with Crippen LogP contribution < -0.4 is 14.8 Å². The Hall–Kier alpha value is -2.73. The summed E-state index contributed by atoms with van der Waals surface area (Å²) in [6.07, 6.45) is 2.57. The Morgan fingerprint density at radius 3 is 2.26 bits per heavy atom. The van der Waals surface area contributed by atoms with Crippen molar-refractivity contribution in [3.05, 3.63) is 59.1 Å². The Kier molecular flexibility index (Phi) is 9.19. The summed E-state index contributed by atoms with van der Waals surface area (Å²) in [4.78, 5) is 23.8. The number of nitrogens with one attached hydrogen (secondary N) is 1. The number of ether oxygens (including phenoxy) is 2. The first-order valence-electron chi connectivity index (χ1n) is 10.4. The van der Waals surface area contributed by atoms with Crippen molar-refractivity contribution < 1.29 is 24.2 Å². The number of aliphatic carboxylic acids is 1. The van der Waals surface area contributed by atoms with E-state index in [4.69, 9.17) is 26.2 Å². The third kappa shape index (κ3) is 8.13. The van der Waals surface area contributed by atoms with Gasteiger partial charge in [-0.2, -0.15) is 0 Å². The van der Waals surface area contributed by atoms with Crippen LogP contribution in [0, 0.1) is 0 Å². The molecular weight excluding hydrogens is 418 g/mol. The minimum absolute atomic E-state index is 0.147. The van der Waals surface area contributed by atoms with Gasteiger partial charge in [-0.3, -0.25) is 4.79 Å². The lowest BCUT2D eigenvalue weighted by atomic mass is 10.1. The van der Waals surface area contributed by atoms with Crippen LogP contribution in [-0.4, -0.2) is 35.2 Å². The molecule has 6 nitrogen and oxygen atoms in total. The van der Waals surface area contributed by atoms with Crippen LogP contribution in [-0.2, 0) is 16.0 Å². The van der Waals surface area contributed by atoms with Crippen molar-refractivity contribution in [2.24, 2.45) is 0 Å². The fraction of sp³-hybridized carbons (Fsp3) is 0.417. The molecule has 0 bridgehead atoms. The van der Waals surface area contributed by atoms with E-state index in [9.17, 15) is 9.59 Å². The van der Waals surface area contributed by atoms with Crippen LogP contribution in [0.25, 0.3) is 0 Å². The van der Waals surface area contributed by atoms with Gasteiger partial charge in [0.05, 0.1) is 0 Å². The molecule has 0 aliphatic heterocycles. The quantitative estimate of drug-likeness (QED) is 0.484. The van der Waals surface area contributed by atoms with E-state index in [0.29, 0.717) is 35.9 Å². The van der Waals surface area contributed by atoms with E-state index < -0.39 is 17.7 Å². The van der Waals surface area contributed by atoms with Crippen LogP contribution in [0.5, 0.6) is 11.5 Å². The monoisotopic (exact) mass is 447 g/mol. The molecule has 0 radical (unpaired) electrons. The topological polar surface area (TPSA) is 84.9 Å². The van der Waals surface area contributed by atoms with Crippen molar-refractivity contribution in [3.8, 4) is 11.5 Å². The average molecular weight is 448 g/mol. The molecule has 2 aromatic rings. The van der Waals surface area contributed by atoms with Crippen molar-refractivity contribution >= 4 is 23.5 Å². The van der Waals surface area contributed by atoms with Crippen molar-refractivity contribution in [1.29, 1.82) is 0 Å². The normalized spacial score (nSPS) is 12.1. The maximum absolute atomic E-state index is 12.6. The largest absolute Gasteiger partial charge is 0.481 e. The van der Waals surface area contributed by atoms with Crippen LogP contribution in [0.4, 0.5) is 0 Å². The number of benzene rings is 2. The molecule has 2 N–H and O–H groups in total. The van der Waals surface area contributed by atoms with E-state index in [-0.39, 0.29) is 5.91 Å². The molecule has 31 heavy (non-hydrogen) atoms. The molecule has 0 spiro atoms. The second-order valence-corrected chi connectivity index (χ2v) is 8.24. The van der Waals surface area contributed by atoms with Crippen LogP contribution in [0.15, 0.2) is 48.5 Å². The molecule has 2 rings (SSSR count). The first-order chi connectivity index (χ1) is 14.7. The molecule has 0 saturated heterocycles. The van der Waals surface area contributed by atoms with E-state index in [2.05, 4.69) is 12.2 Å². The van der Waals surface area contributed by atoms with Crippen LogP contribution in [0.1, 0.15) is 45.6 Å². The van der Waals surface area contributed by atoms with Crippen molar-refractivity contribution in [2.45, 2.75) is 58.2 Å². The van der Waals surface area contributed by atoms with Gasteiger partial charge in [0.15, 0.2) is 11.7 Å².